The van der Waals surface area contributed by atoms with E-state index in [-0.39, 0.29) is 5.02 Å². The monoisotopic (exact) mass is 293 g/mol. The van der Waals surface area contributed by atoms with Crippen LogP contribution in [0.5, 0.6) is 0 Å². The number of imidazole rings is 1. The summed E-state index contributed by atoms with van der Waals surface area (Å²) in [5, 5.41) is 0.108. The van der Waals surface area contributed by atoms with E-state index < -0.39 is 5.82 Å². The zero-order chi connectivity index (χ0) is 13.4. The first-order valence-corrected chi connectivity index (χ1v) is 6.41. The third kappa shape index (κ3) is 2.27. The molecular weight excluding hydrogens is 285 g/mol. The van der Waals surface area contributed by atoms with Gasteiger partial charge in [0.15, 0.2) is 10.4 Å². The summed E-state index contributed by atoms with van der Waals surface area (Å²) in [6.07, 6.45) is 1.71. The summed E-state index contributed by atoms with van der Waals surface area (Å²) in [5.74, 6) is -0.425. The van der Waals surface area contributed by atoms with Crippen LogP contribution in [0.1, 0.15) is 5.56 Å². The zero-order valence-corrected chi connectivity index (χ0v) is 11.3. The Labute approximate surface area is 118 Å². The van der Waals surface area contributed by atoms with Crippen molar-refractivity contribution in [2.45, 2.75) is 6.54 Å². The summed E-state index contributed by atoms with van der Waals surface area (Å²) in [6, 6.07) is 8.38. The van der Waals surface area contributed by atoms with Gasteiger partial charge in [-0.2, -0.15) is 0 Å². The van der Waals surface area contributed by atoms with Crippen LogP contribution < -0.4 is 0 Å². The Bertz CT molecular complexity index is 809. The Morgan fingerprint density at radius 1 is 1.37 bits per heavy atom. The van der Waals surface area contributed by atoms with E-state index in [2.05, 4.69) is 9.97 Å². The number of aromatic amines is 1. The number of halogens is 2. The standard InChI is InChI=1S/C13H9ClFN3S/c14-9-6-8(3-4-10(9)15)7-18-12-11(17-13(18)19)2-1-5-16-12/h1-6H,7H2,(H,17,19). The summed E-state index contributed by atoms with van der Waals surface area (Å²) in [4.78, 5) is 7.38. The maximum atomic E-state index is 13.1. The molecule has 19 heavy (non-hydrogen) atoms. The summed E-state index contributed by atoms with van der Waals surface area (Å²) in [7, 11) is 0. The van der Waals surface area contributed by atoms with Gasteiger partial charge in [-0.3, -0.25) is 4.57 Å². The number of pyridine rings is 1. The van der Waals surface area contributed by atoms with Crippen LogP contribution in [0.3, 0.4) is 0 Å². The van der Waals surface area contributed by atoms with Crippen molar-refractivity contribution in [3.63, 3.8) is 0 Å². The van der Waals surface area contributed by atoms with Gasteiger partial charge in [-0.1, -0.05) is 17.7 Å². The third-order valence-corrected chi connectivity index (χ3v) is 3.47. The van der Waals surface area contributed by atoms with Gasteiger partial charge in [-0.05, 0) is 42.0 Å². The molecule has 0 saturated carbocycles. The SMILES string of the molecule is Fc1ccc(Cn2c(=S)[nH]c3cccnc32)cc1Cl. The highest BCUT2D eigenvalue weighted by Crippen LogP contribution is 2.18. The average Bonchev–Trinajstić information content (AvgIpc) is 2.71. The second kappa shape index (κ2) is 4.75. The Hall–Kier alpha value is -1.72. The maximum absolute atomic E-state index is 13.1. The van der Waals surface area contributed by atoms with E-state index in [1.165, 1.54) is 6.07 Å². The van der Waals surface area contributed by atoms with Crippen molar-refractivity contribution in [3.05, 3.63) is 57.7 Å². The number of benzene rings is 1. The maximum Gasteiger partial charge on any atom is 0.179 e. The van der Waals surface area contributed by atoms with Gasteiger partial charge < -0.3 is 4.98 Å². The van der Waals surface area contributed by atoms with Gasteiger partial charge in [-0.15, -0.1) is 0 Å². The molecule has 0 aliphatic rings. The Morgan fingerprint density at radius 2 is 2.21 bits per heavy atom. The van der Waals surface area contributed by atoms with E-state index in [1.54, 1.807) is 18.3 Å². The molecule has 0 bridgehead atoms. The molecule has 0 amide bonds. The second-order valence-electron chi connectivity index (χ2n) is 4.14. The van der Waals surface area contributed by atoms with Crippen molar-refractivity contribution in [1.82, 2.24) is 14.5 Å². The van der Waals surface area contributed by atoms with E-state index in [4.69, 9.17) is 23.8 Å². The molecule has 3 aromatic rings. The van der Waals surface area contributed by atoms with Crippen molar-refractivity contribution in [2.75, 3.05) is 0 Å². The highest BCUT2D eigenvalue weighted by molar-refractivity contribution is 7.71. The van der Waals surface area contributed by atoms with E-state index in [9.17, 15) is 4.39 Å². The van der Waals surface area contributed by atoms with Gasteiger partial charge in [0.05, 0.1) is 17.1 Å². The molecule has 0 unspecified atom stereocenters. The smallest absolute Gasteiger partial charge is 0.179 e. The van der Waals surface area contributed by atoms with E-state index in [1.807, 2.05) is 16.7 Å². The van der Waals surface area contributed by atoms with E-state index in [0.717, 1.165) is 16.7 Å². The number of aromatic nitrogens is 3. The fraction of sp³-hybridized carbons (Fsp3) is 0.0769. The molecule has 96 valence electrons. The number of H-pyrrole nitrogens is 1. The number of hydrogen-bond donors (Lipinski definition) is 1. The summed E-state index contributed by atoms with van der Waals surface area (Å²) in [5.41, 5.74) is 2.52. The lowest BCUT2D eigenvalue weighted by Gasteiger charge is -2.05. The van der Waals surface area contributed by atoms with Gasteiger partial charge in [-0.25, -0.2) is 9.37 Å². The number of nitrogens with zero attached hydrogens (tertiary/aromatic N) is 2. The summed E-state index contributed by atoms with van der Waals surface area (Å²) < 4.78 is 15.6. The van der Waals surface area contributed by atoms with Gasteiger partial charge in [0.2, 0.25) is 0 Å². The van der Waals surface area contributed by atoms with Crippen LogP contribution in [-0.4, -0.2) is 14.5 Å². The molecule has 1 aromatic carbocycles. The molecule has 3 rings (SSSR count). The summed E-state index contributed by atoms with van der Waals surface area (Å²) >= 11 is 11.0. The van der Waals surface area contributed by atoms with Crippen molar-refractivity contribution in [3.8, 4) is 0 Å². The number of nitrogens with one attached hydrogen (secondary N) is 1. The molecule has 2 aromatic heterocycles. The average molecular weight is 294 g/mol. The van der Waals surface area contributed by atoms with Gasteiger partial charge in [0.1, 0.15) is 5.82 Å². The van der Waals surface area contributed by atoms with Crippen molar-refractivity contribution in [2.24, 2.45) is 0 Å². The Balaban J connectivity index is 2.08. The van der Waals surface area contributed by atoms with Crippen LogP contribution in [0.2, 0.25) is 5.02 Å². The van der Waals surface area contributed by atoms with Crippen LogP contribution >= 0.6 is 23.8 Å². The molecule has 3 nitrogen and oxygen atoms in total. The molecule has 0 aliphatic heterocycles. The topological polar surface area (TPSA) is 33.6 Å². The number of rotatable bonds is 2. The minimum absolute atomic E-state index is 0.108. The van der Waals surface area contributed by atoms with Gasteiger partial charge in [0, 0.05) is 6.20 Å². The van der Waals surface area contributed by atoms with Gasteiger partial charge >= 0.3 is 0 Å². The number of hydrogen-bond acceptors (Lipinski definition) is 2. The molecule has 0 radical (unpaired) electrons. The first-order chi connectivity index (χ1) is 9.15. The predicted molar refractivity (Wildman–Crippen MR) is 75.4 cm³/mol. The molecule has 0 spiro atoms. The second-order valence-corrected chi connectivity index (χ2v) is 4.93. The van der Waals surface area contributed by atoms with E-state index in [0.29, 0.717) is 11.3 Å². The number of fused-ring (bicyclic) bond motifs is 1. The molecule has 6 heteroatoms. The largest absolute Gasteiger partial charge is 0.329 e. The molecule has 0 atom stereocenters. The Kier molecular flexibility index (Phi) is 3.08. The fourth-order valence-corrected chi connectivity index (χ4v) is 2.42. The lowest BCUT2D eigenvalue weighted by atomic mass is 10.2. The normalized spacial score (nSPS) is 11.1. The summed E-state index contributed by atoms with van der Waals surface area (Å²) in [6.45, 7) is 0.496. The molecule has 0 fully saturated rings. The van der Waals surface area contributed by atoms with Gasteiger partial charge in [0.25, 0.3) is 0 Å². The Morgan fingerprint density at radius 3 is 3.00 bits per heavy atom. The quantitative estimate of drug-likeness (QED) is 0.726. The molecule has 0 aliphatic carbocycles. The minimum atomic E-state index is -0.425. The van der Waals surface area contributed by atoms with E-state index >= 15 is 0 Å². The lowest BCUT2D eigenvalue weighted by molar-refractivity contribution is 0.627. The van der Waals surface area contributed by atoms with Crippen LogP contribution in [0, 0.1) is 10.6 Å². The highest BCUT2D eigenvalue weighted by atomic mass is 35.5. The third-order valence-electron chi connectivity index (χ3n) is 2.85. The first kappa shape index (κ1) is 12.3. The highest BCUT2D eigenvalue weighted by Gasteiger charge is 2.07. The van der Waals surface area contributed by atoms with Crippen LogP contribution in [0.25, 0.3) is 11.2 Å². The lowest BCUT2D eigenvalue weighted by Crippen LogP contribution is -2.01. The van der Waals surface area contributed by atoms with Crippen molar-refractivity contribution in [1.29, 1.82) is 0 Å². The fourth-order valence-electron chi connectivity index (χ4n) is 1.96. The predicted octanol–water partition coefficient (Wildman–Crippen LogP) is 3.93. The van der Waals surface area contributed by atoms with Crippen LogP contribution in [-0.2, 0) is 6.54 Å². The molecule has 0 saturated heterocycles. The minimum Gasteiger partial charge on any atom is -0.329 e. The molecule has 2 heterocycles. The van der Waals surface area contributed by atoms with Crippen molar-refractivity contribution < 1.29 is 4.39 Å². The molecular formula is C13H9ClFN3S. The van der Waals surface area contributed by atoms with Crippen molar-refractivity contribution >= 4 is 35.0 Å². The first-order valence-electron chi connectivity index (χ1n) is 5.62. The molecule has 1 N–H and O–H groups in total. The van der Waals surface area contributed by atoms with Crippen LogP contribution in [0.4, 0.5) is 4.39 Å². The van der Waals surface area contributed by atoms with Crippen LogP contribution in [0.15, 0.2) is 36.5 Å². The zero-order valence-electron chi connectivity index (χ0n) is 9.73.